The van der Waals surface area contributed by atoms with E-state index >= 15 is 0 Å². The molecule has 2 rings (SSSR count). The largest absolute Gasteiger partial charge is 0.370 e. The molecule has 0 amide bonds. The highest BCUT2D eigenvalue weighted by Crippen LogP contribution is 2.19. The minimum Gasteiger partial charge on any atom is -0.370 e. The number of rotatable bonds is 5. The molecule has 0 radical (unpaired) electrons. The number of pyridine rings is 1. The molecule has 0 aromatic carbocycles. The molecular weight excluding hydrogens is 246 g/mol. The fourth-order valence-electron chi connectivity index (χ4n) is 1.61. The van der Waals surface area contributed by atoms with Crippen molar-refractivity contribution in [3.05, 3.63) is 40.2 Å². The van der Waals surface area contributed by atoms with Crippen molar-refractivity contribution < 1.29 is 4.92 Å². The van der Waals surface area contributed by atoms with Crippen molar-refractivity contribution in [2.45, 2.75) is 20.3 Å². The molecule has 100 valence electrons. The zero-order valence-corrected chi connectivity index (χ0v) is 10.8. The average molecular weight is 261 g/mol. The van der Waals surface area contributed by atoms with Gasteiger partial charge >= 0.3 is 0 Å². The summed E-state index contributed by atoms with van der Waals surface area (Å²) in [7, 11) is 0. The van der Waals surface area contributed by atoms with E-state index in [2.05, 4.69) is 15.4 Å². The van der Waals surface area contributed by atoms with Gasteiger partial charge in [0, 0.05) is 12.7 Å². The van der Waals surface area contributed by atoms with E-state index in [1.165, 1.54) is 16.8 Å². The van der Waals surface area contributed by atoms with E-state index < -0.39 is 4.92 Å². The normalized spacial score (nSPS) is 10.4. The number of nitrogens with one attached hydrogen (secondary N) is 1. The summed E-state index contributed by atoms with van der Waals surface area (Å²) in [6, 6.07) is 4.65. The van der Waals surface area contributed by atoms with Gasteiger partial charge in [-0.1, -0.05) is 6.92 Å². The first-order valence-corrected chi connectivity index (χ1v) is 6.03. The van der Waals surface area contributed by atoms with Gasteiger partial charge in [0.05, 0.1) is 22.7 Å². The summed E-state index contributed by atoms with van der Waals surface area (Å²) in [6.07, 6.45) is 2.64. The third-order valence-corrected chi connectivity index (χ3v) is 2.52. The first-order chi connectivity index (χ1) is 9.10. The summed E-state index contributed by atoms with van der Waals surface area (Å²) in [5.41, 5.74) is 0.827. The third-order valence-electron chi connectivity index (χ3n) is 2.52. The van der Waals surface area contributed by atoms with Crippen LogP contribution in [0.3, 0.4) is 0 Å². The molecule has 2 aromatic heterocycles. The summed E-state index contributed by atoms with van der Waals surface area (Å²) < 4.78 is 1.53. The molecule has 7 heteroatoms. The molecule has 19 heavy (non-hydrogen) atoms. The lowest BCUT2D eigenvalue weighted by Crippen LogP contribution is -2.06. The fraction of sp³-hybridized carbons (Fsp3) is 0.333. The van der Waals surface area contributed by atoms with Crippen molar-refractivity contribution in [1.29, 1.82) is 0 Å². The second kappa shape index (κ2) is 5.47. The Bertz CT molecular complexity index is 594. The van der Waals surface area contributed by atoms with Crippen LogP contribution >= 0.6 is 0 Å². The summed E-state index contributed by atoms with van der Waals surface area (Å²) >= 11 is 0. The van der Waals surface area contributed by atoms with Gasteiger partial charge < -0.3 is 5.32 Å². The minimum absolute atomic E-state index is 0.00300. The molecule has 0 spiro atoms. The molecule has 0 aliphatic carbocycles. The predicted octanol–water partition coefficient (Wildman–Crippen LogP) is 2.31. The molecule has 0 saturated carbocycles. The van der Waals surface area contributed by atoms with Crippen LogP contribution in [0.15, 0.2) is 24.4 Å². The molecule has 0 bridgehead atoms. The lowest BCUT2D eigenvalue weighted by molar-refractivity contribution is -0.384. The van der Waals surface area contributed by atoms with Crippen LogP contribution in [0.5, 0.6) is 0 Å². The highest BCUT2D eigenvalue weighted by atomic mass is 16.6. The Morgan fingerprint density at radius 2 is 2.26 bits per heavy atom. The van der Waals surface area contributed by atoms with Crippen LogP contribution in [0.4, 0.5) is 11.5 Å². The number of aryl methyl sites for hydroxylation is 1. The Hall–Kier alpha value is -2.44. The molecule has 2 aromatic rings. The molecule has 0 unspecified atom stereocenters. The first kappa shape index (κ1) is 13.0. The average Bonchev–Trinajstić information content (AvgIpc) is 2.82. The Labute approximate surface area is 110 Å². The van der Waals surface area contributed by atoms with Crippen molar-refractivity contribution in [1.82, 2.24) is 14.8 Å². The number of anilines is 1. The van der Waals surface area contributed by atoms with Crippen LogP contribution in [0.2, 0.25) is 0 Å². The molecule has 0 atom stereocenters. The number of aromatic nitrogens is 3. The third kappa shape index (κ3) is 3.06. The second-order valence-corrected chi connectivity index (χ2v) is 4.15. The maximum absolute atomic E-state index is 10.9. The quantitative estimate of drug-likeness (QED) is 0.659. The van der Waals surface area contributed by atoms with Gasteiger partial charge in [-0.15, -0.1) is 0 Å². The van der Waals surface area contributed by atoms with Crippen molar-refractivity contribution >= 4 is 11.5 Å². The van der Waals surface area contributed by atoms with E-state index in [4.69, 9.17) is 0 Å². The van der Waals surface area contributed by atoms with E-state index in [1.54, 1.807) is 6.20 Å². The van der Waals surface area contributed by atoms with Crippen molar-refractivity contribution in [3.63, 3.8) is 0 Å². The Morgan fingerprint density at radius 1 is 1.47 bits per heavy atom. The lowest BCUT2D eigenvalue weighted by atomic mass is 10.3. The zero-order chi connectivity index (χ0) is 13.8. The van der Waals surface area contributed by atoms with Crippen molar-refractivity contribution in [2.75, 3.05) is 11.9 Å². The predicted molar refractivity (Wildman–Crippen MR) is 71.5 cm³/mol. The van der Waals surface area contributed by atoms with Gasteiger partial charge in [-0.2, -0.15) is 5.10 Å². The topological polar surface area (TPSA) is 85.9 Å². The number of hydrogen-bond donors (Lipinski definition) is 1. The van der Waals surface area contributed by atoms with Crippen LogP contribution in [0.1, 0.15) is 19.0 Å². The molecule has 0 aliphatic heterocycles. The molecule has 1 N–H and O–H groups in total. The number of nitrogens with zero attached hydrogens (tertiary/aromatic N) is 4. The highest BCUT2D eigenvalue weighted by Gasteiger charge is 2.12. The summed E-state index contributed by atoms with van der Waals surface area (Å²) in [5, 5.41) is 18.2. The van der Waals surface area contributed by atoms with E-state index in [1.807, 2.05) is 19.9 Å². The Kier molecular flexibility index (Phi) is 3.74. The Morgan fingerprint density at radius 3 is 2.84 bits per heavy atom. The molecular formula is C12H15N5O2. The van der Waals surface area contributed by atoms with Crippen LogP contribution in [0, 0.1) is 17.0 Å². The summed E-state index contributed by atoms with van der Waals surface area (Å²) in [4.78, 5) is 14.8. The van der Waals surface area contributed by atoms with E-state index in [-0.39, 0.29) is 5.69 Å². The summed E-state index contributed by atoms with van der Waals surface area (Å²) in [5.74, 6) is 0.917. The van der Waals surface area contributed by atoms with Gasteiger partial charge in [-0.05, 0) is 19.4 Å². The minimum atomic E-state index is -0.432. The smallest absolute Gasteiger partial charge is 0.276 e. The number of hydrogen-bond acceptors (Lipinski definition) is 5. The second-order valence-electron chi connectivity index (χ2n) is 4.15. The van der Waals surface area contributed by atoms with Gasteiger partial charge in [0.2, 0.25) is 0 Å². The van der Waals surface area contributed by atoms with E-state index in [0.29, 0.717) is 18.2 Å². The lowest BCUT2D eigenvalue weighted by Gasteiger charge is -2.06. The van der Waals surface area contributed by atoms with Crippen LogP contribution < -0.4 is 5.32 Å². The van der Waals surface area contributed by atoms with E-state index in [0.717, 1.165) is 12.1 Å². The van der Waals surface area contributed by atoms with Gasteiger partial charge in [0.25, 0.3) is 5.69 Å². The molecule has 2 heterocycles. The molecule has 0 aliphatic rings. The van der Waals surface area contributed by atoms with Crippen molar-refractivity contribution in [2.24, 2.45) is 0 Å². The molecule has 0 fully saturated rings. The highest BCUT2D eigenvalue weighted by molar-refractivity contribution is 5.50. The standard InChI is InChI=1S/C12H15N5O2/c1-3-5-13-11-7-10(17(18)19)8-12(14-11)16-6-4-9(2)15-16/h4,6-8H,3,5H2,1-2H3,(H,13,14). The molecule has 0 saturated heterocycles. The van der Waals surface area contributed by atoms with Crippen LogP contribution in [-0.4, -0.2) is 26.2 Å². The maximum Gasteiger partial charge on any atom is 0.276 e. The SMILES string of the molecule is CCCNc1cc([N+](=O)[O-])cc(-n2ccc(C)n2)n1. The summed E-state index contributed by atoms with van der Waals surface area (Å²) in [6.45, 7) is 4.58. The van der Waals surface area contributed by atoms with E-state index in [9.17, 15) is 10.1 Å². The Balaban J connectivity index is 2.41. The maximum atomic E-state index is 10.9. The van der Waals surface area contributed by atoms with Gasteiger partial charge in [0.15, 0.2) is 5.82 Å². The zero-order valence-electron chi connectivity index (χ0n) is 10.8. The molecule has 7 nitrogen and oxygen atoms in total. The van der Waals surface area contributed by atoms with Gasteiger partial charge in [0.1, 0.15) is 5.82 Å². The van der Waals surface area contributed by atoms with Gasteiger partial charge in [-0.3, -0.25) is 10.1 Å². The van der Waals surface area contributed by atoms with Gasteiger partial charge in [-0.25, -0.2) is 9.67 Å². The van der Waals surface area contributed by atoms with Crippen LogP contribution in [0.25, 0.3) is 5.82 Å². The fourth-order valence-corrected chi connectivity index (χ4v) is 1.61. The van der Waals surface area contributed by atoms with Crippen molar-refractivity contribution in [3.8, 4) is 5.82 Å². The monoisotopic (exact) mass is 261 g/mol. The first-order valence-electron chi connectivity index (χ1n) is 6.03. The number of nitro groups is 1. The van der Waals surface area contributed by atoms with Crippen LogP contribution in [-0.2, 0) is 0 Å².